The van der Waals surface area contributed by atoms with Gasteiger partial charge in [0, 0.05) is 21.0 Å². The number of nitrogens with one attached hydrogen (secondary N) is 1. The van der Waals surface area contributed by atoms with E-state index in [1.54, 1.807) is 12.1 Å². The highest BCUT2D eigenvalue weighted by atomic mass is 79.9. The number of thiazole rings is 1. The van der Waals surface area contributed by atoms with Gasteiger partial charge < -0.3 is 0 Å². The molecule has 1 heterocycles. The van der Waals surface area contributed by atoms with Gasteiger partial charge in [0.25, 0.3) is 5.91 Å². The Morgan fingerprint density at radius 3 is 2.70 bits per heavy atom. The summed E-state index contributed by atoms with van der Waals surface area (Å²) in [5.74, 6) is -0.159. The average molecular weight is 387 g/mol. The van der Waals surface area contributed by atoms with Crippen molar-refractivity contribution in [3.05, 3.63) is 69.5 Å². The number of carbonyl (C=O) groups is 1. The summed E-state index contributed by atoms with van der Waals surface area (Å²) in [6.07, 6.45) is 1.02. The molecule has 0 bridgehead atoms. The smallest absolute Gasteiger partial charge is 0.257 e. The summed E-state index contributed by atoms with van der Waals surface area (Å²) < 4.78 is 0.876. The number of halogens is 1. The third-order valence-corrected chi connectivity index (χ3v) is 4.72. The van der Waals surface area contributed by atoms with Crippen molar-refractivity contribution in [2.75, 3.05) is 5.32 Å². The van der Waals surface area contributed by atoms with Crippen LogP contribution >= 0.6 is 27.3 Å². The molecule has 0 atom stereocenters. The average Bonchev–Trinajstić information content (AvgIpc) is 3.03. The van der Waals surface area contributed by atoms with Crippen molar-refractivity contribution < 1.29 is 4.79 Å². The summed E-state index contributed by atoms with van der Waals surface area (Å²) in [6, 6.07) is 15.6. The van der Waals surface area contributed by atoms with E-state index in [2.05, 4.69) is 57.4 Å². The molecular formula is C18H15BrN2OS. The predicted octanol–water partition coefficient (Wildman–Crippen LogP) is 5.39. The molecular weight excluding hydrogens is 372 g/mol. The summed E-state index contributed by atoms with van der Waals surface area (Å²) in [7, 11) is 0. The monoisotopic (exact) mass is 386 g/mol. The van der Waals surface area contributed by atoms with Gasteiger partial charge in [0.15, 0.2) is 5.13 Å². The van der Waals surface area contributed by atoms with Gasteiger partial charge in [0.1, 0.15) is 0 Å². The first-order valence-electron chi connectivity index (χ1n) is 7.27. The Kier molecular flexibility index (Phi) is 4.88. The zero-order valence-corrected chi connectivity index (χ0v) is 14.9. The maximum absolute atomic E-state index is 12.2. The lowest BCUT2D eigenvalue weighted by Gasteiger charge is -2.02. The first-order valence-corrected chi connectivity index (χ1v) is 8.94. The van der Waals surface area contributed by atoms with Crippen LogP contribution in [-0.2, 0) is 6.42 Å². The first-order chi connectivity index (χ1) is 11.2. The van der Waals surface area contributed by atoms with E-state index < -0.39 is 0 Å². The summed E-state index contributed by atoms with van der Waals surface area (Å²) in [5, 5.41) is 5.40. The molecule has 3 aromatic rings. The quantitative estimate of drug-likeness (QED) is 0.653. The van der Waals surface area contributed by atoms with E-state index in [-0.39, 0.29) is 5.91 Å². The Morgan fingerprint density at radius 1 is 1.22 bits per heavy atom. The lowest BCUT2D eigenvalue weighted by molar-refractivity contribution is 0.102. The normalized spacial score (nSPS) is 10.5. The van der Waals surface area contributed by atoms with Crippen LogP contribution in [0.1, 0.15) is 22.8 Å². The molecule has 2 aromatic carbocycles. The Hall–Kier alpha value is -1.98. The topological polar surface area (TPSA) is 42.0 Å². The minimum atomic E-state index is -0.159. The van der Waals surface area contributed by atoms with E-state index >= 15 is 0 Å². The molecule has 0 spiro atoms. The number of benzene rings is 2. The number of carbonyl (C=O) groups excluding carboxylic acids is 1. The lowest BCUT2D eigenvalue weighted by Crippen LogP contribution is -2.11. The van der Waals surface area contributed by atoms with E-state index in [0.29, 0.717) is 10.7 Å². The summed E-state index contributed by atoms with van der Waals surface area (Å²) in [6.45, 7) is 2.13. The second kappa shape index (κ2) is 7.06. The van der Waals surface area contributed by atoms with Crippen LogP contribution in [0.3, 0.4) is 0 Å². The zero-order valence-electron chi connectivity index (χ0n) is 12.5. The maximum Gasteiger partial charge on any atom is 0.257 e. The Bertz CT molecular complexity index is 827. The number of hydrogen-bond donors (Lipinski definition) is 1. The molecule has 3 rings (SSSR count). The van der Waals surface area contributed by atoms with E-state index in [9.17, 15) is 4.79 Å². The molecule has 5 heteroatoms. The number of aryl methyl sites for hydroxylation is 1. The molecule has 0 fully saturated rings. The molecule has 0 saturated carbocycles. The fraction of sp³-hybridized carbons (Fsp3) is 0.111. The van der Waals surface area contributed by atoms with Crippen molar-refractivity contribution in [1.29, 1.82) is 0 Å². The molecule has 0 saturated heterocycles. The highest BCUT2D eigenvalue weighted by Gasteiger charge is 2.10. The van der Waals surface area contributed by atoms with Gasteiger partial charge in [-0.1, -0.05) is 53.2 Å². The number of hydrogen-bond acceptors (Lipinski definition) is 3. The molecule has 0 radical (unpaired) electrons. The maximum atomic E-state index is 12.2. The minimum absolute atomic E-state index is 0.159. The number of anilines is 1. The van der Waals surface area contributed by atoms with Crippen LogP contribution in [-0.4, -0.2) is 10.9 Å². The van der Waals surface area contributed by atoms with Gasteiger partial charge in [-0.05, 0) is 30.2 Å². The van der Waals surface area contributed by atoms with Gasteiger partial charge in [-0.15, -0.1) is 11.3 Å². The molecule has 116 valence electrons. The standard InChI is InChI=1S/C18H15BrN2OS/c1-2-12-6-8-13(9-7-12)16-11-23-18(20-16)21-17(22)14-4-3-5-15(19)10-14/h3-11H,2H2,1H3,(H,20,21,22). The zero-order chi connectivity index (χ0) is 16.2. The van der Waals surface area contributed by atoms with Crippen LogP contribution in [0.2, 0.25) is 0 Å². The van der Waals surface area contributed by atoms with Crippen LogP contribution in [0.25, 0.3) is 11.3 Å². The first kappa shape index (κ1) is 15.9. The number of aromatic nitrogens is 1. The summed E-state index contributed by atoms with van der Waals surface area (Å²) >= 11 is 4.80. The van der Waals surface area contributed by atoms with Crippen LogP contribution in [0.5, 0.6) is 0 Å². The van der Waals surface area contributed by atoms with E-state index in [1.807, 2.05) is 17.5 Å². The molecule has 0 aliphatic heterocycles. The van der Waals surface area contributed by atoms with Crippen LogP contribution in [0.15, 0.2) is 58.4 Å². The summed E-state index contributed by atoms with van der Waals surface area (Å²) in [4.78, 5) is 16.7. The van der Waals surface area contributed by atoms with Crippen molar-refractivity contribution in [3.63, 3.8) is 0 Å². The second-order valence-corrected chi connectivity index (χ2v) is 6.83. The van der Waals surface area contributed by atoms with Crippen LogP contribution in [0, 0.1) is 0 Å². The van der Waals surface area contributed by atoms with Crippen LogP contribution < -0.4 is 5.32 Å². The minimum Gasteiger partial charge on any atom is -0.298 e. The molecule has 1 N–H and O–H groups in total. The van der Waals surface area contributed by atoms with Gasteiger partial charge in [-0.3, -0.25) is 10.1 Å². The van der Waals surface area contributed by atoms with E-state index in [0.717, 1.165) is 22.2 Å². The number of amides is 1. The van der Waals surface area contributed by atoms with Gasteiger partial charge in [0.2, 0.25) is 0 Å². The fourth-order valence-electron chi connectivity index (χ4n) is 2.17. The molecule has 0 aliphatic rings. The highest BCUT2D eigenvalue weighted by Crippen LogP contribution is 2.25. The van der Waals surface area contributed by atoms with Crippen molar-refractivity contribution in [1.82, 2.24) is 4.98 Å². The van der Waals surface area contributed by atoms with Gasteiger partial charge in [0.05, 0.1) is 5.69 Å². The summed E-state index contributed by atoms with van der Waals surface area (Å²) in [5.41, 5.74) is 3.83. The Morgan fingerprint density at radius 2 is 2.00 bits per heavy atom. The third kappa shape index (κ3) is 3.86. The van der Waals surface area contributed by atoms with Crippen molar-refractivity contribution in [2.24, 2.45) is 0 Å². The molecule has 23 heavy (non-hydrogen) atoms. The van der Waals surface area contributed by atoms with Crippen molar-refractivity contribution >= 4 is 38.3 Å². The van der Waals surface area contributed by atoms with Gasteiger partial charge in [-0.2, -0.15) is 0 Å². The number of nitrogens with zero attached hydrogens (tertiary/aromatic N) is 1. The van der Waals surface area contributed by atoms with Crippen LogP contribution in [0.4, 0.5) is 5.13 Å². The highest BCUT2D eigenvalue weighted by molar-refractivity contribution is 9.10. The Labute approximate surface area is 147 Å². The van der Waals surface area contributed by atoms with Crippen molar-refractivity contribution in [3.8, 4) is 11.3 Å². The van der Waals surface area contributed by atoms with Gasteiger partial charge in [-0.25, -0.2) is 4.98 Å². The molecule has 0 aliphatic carbocycles. The lowest BCUT2D eigenvalue weighted by atomic mass is 10.1. The molecule has 3 nitrogen and oxygen atoms in total. The predicted molar refractivity (Wildman–Crippen MR) is 99.0 cm³/mol. The van der Waals surface area contributed by atoms with Gasteiger partial charge >= 0.3 is 0 Å². The fourth-order valence-corrected chi connectivity index (χ4v) is 3.29. The largest absolute Gasteiger partial charge is 0.298 e. The molecule has 1 aromatic heterocycles. The third-order valence-electron chi connectivity index (χ3n) is 3.47. The van der Waals surface area contributed by atoms with E-state index in [1.165, 1.54) is 16.9 Å². The number of rotatable bonds is 4. The van der Waals surface area contributed by atoms with Crippen molar-refractivity contribution in [2.45, 2.75) is 13.3 Å². The molecule has 1 amide bonds. The Balaban J connectivity index is 1.75. The SMILES string of the molecule is CCc1ccc(-c2csc(NC(=O)c3cccc(Br)c3)n2)cc1. The van der Waals surface area contributed by atoms with E-state index in [4.69, 9.17) is 0 Å². The second-order valence-electron chi connectivity index (χ2n) is 5.05. The molecule has 0 unspecified atom stereocenters.